The molecule has 3 rings (SSSR count). The fourth-order valence-corrected chi connectivity index (χ4v) is 26.8. The van der Waals surface area contributed by atoms with Gasteiger partial charge in [-0.3, -0.25) is 0 Å². The van der Waals surface area contributed by atoms with Crippen molar-refractivity contribution in [2.75, 3.05) is 0 Å². The van der Waals surface area contributed by atoms with Crippen LogP contribution in [0, 0.1) is 10.8 Å². The van der Waals surface area contributed by atoms with Crippen LogP contribution in [0.25, 0.3) is 0 Å². The van der Waals surface area contributed by atoms with Gasteiger partial charge >= 0.3 is 238 Å². The molecule has 1 N–H and O–H groups in total. The molecule has 0 radical (unpaired) electrons. The molecule has 2 aromatic carbocycles. The van der Waals surface area contributed by atoms with E-state index in [0.29, 0.717) is 5.56 Å². The first-order valence-electron chi connectivity index (χ1n) is 14.9. The molecule has 0 saturated carbocycles. The summed E-state index contributed by atoms with van der Waals surface area (Å²) in [6.07, 6.45) is 10.4. The van der Waals surface area contributed by atoms with E-state index in [0.717, 1.165) is 0 Å². The number of carbonyl (C=O) groups excluding carboxylic acids is 1. The summed E-state index contributed by atoms with van der Waals surface area (Å²) in [6.45, 7) is 16.6. The van der Waals surface area contributed by atoms with E-state index in [1.165, 1.54) is 57.4 Å². The van der Waals surface area contributed by atoms with Gasteiger partial charge in [0.05, 0.1) is 0 Å². The summed E-state index contributed by atoms with van der Waals surface area (Å²) in [5, 5.41) is 0. The summed E-state index contributed by atoms with van der Waals surface area (Å²) < 4.78 is 6.01. The summed E-state index contributed by atoms with van der Waals surface area (Å²) >= 11 is -2.81. The minimum atomic E-state index is -2.81. The molecule has 0 amide bonds. The van der Waals surface area contributed by atoms with E-state index in [4.69, 9.17) is 4.84 Å². The maximum absolute atomic E-state index is 13.2. The van der Waals surface area contributed by atoms with Gasteiger partial charge in [-0.2, -0.15) is 0 Å². The zero-order chi connectivity index (χ0) is 27.9. The molecule has 1 aliphatic carbocycles. The Morgan fingerprint density at radius 3 is 1.71 bits per heavy atom. The standard InChI is InChI=1S/C22H24NO2.3C4H9.Sn/c1-20(2)15-16-21(3,4)22(20,18-13-9-6-10-14-18)23-25-19(24)17-11-7-5-8-12-17;3*1-3-4-2;/h5-15,23H,1-4H3;3*1,3-4H2,2H3;. The van der Waals surface area contributed by atoms with Crippen LogP contribution in [0.5, 0.6) is 0 Å². The fourth-order valence-electron chi connectivity index (χ4n) is 7.29. The summed E-state index contributed by atoms with van der Waals surface area (Å²) in [5.41, 5.74) is 4.20. The molecule has 3 nitrogen and oxygen atoms in total. The maximum atomic E-state index is 13.2. The second kappa shape index (κ2) is 13.2. The van der Waals surface area contributed by atoms with Crippen LogP contribution in [-0.4, -0.2) is 24.3 Å². The van der Waals surface area contributed by atoms with E-state index in [9.17, 15) is 4.79 Å². The van der Waals surface area contributed by atoms with Gasteiger partial charge in [0.2, 0.25) is 0 Å². The number of carbonyl (C=O) groups is 1. The van der Waals surface area contributed by atoms with Crippen LogP contribution < -0.4 is 5.48 Å². The van der Waals surface area contributed by atoms with E-state index in [1.807, 2.05) is 30.3 Å². The third-order valence-corrected chi connectivity index (χ3v) is 25.9. The molecule has 0 bridgehead atoms. The number of unbranched alkanes of at least 4 members (excludes halogenated alkanes) is 3. The molecular formula is C34H51NO2Sn. The van der Waals surface area contributed by atoms with Crippen molar-refractivity contribution >= 4 is 24.3 Å². The van der Waals surface area contributed by atoms with Crippen molar-refractivity contribution in [3.8, 4) is 0 Å². The van der Waals surface area contributed by atoms with E-state index >= 15 is 0 Å². The Morgan fingerprint density at radius 1 is 0.763 bits per heavy atom. The number of hydrogen-bond donors (Lipinski definition) is 1. The van der Waals surface area contributed by atoms with Crippen molar-refractivity contribution in [1.82, 2.24) is 5.48 Å². The molecule has 0 spiro atoms. The molecule has 0 aliphatic heterocycles. The zero-order valence-electron chi connectivity index (χ0n) is 25.0. The number of hydrogen-bond acceptors (Lipinski definition) is 3. The average molecular weight is 624 g/mol. The van der Waals surface area contributed by atoms with Crippen molar-refractivity contribution in [2.24, 2.45) is 10.8 Å². The minimum absolute atomic E-state index is 0.208. The Hall–Kier alpha value is -1.59. The third-order valence-electron chi connectivity index (χ3n) is 9.19. The van der Waals surface area contributed by atoms with Crippen molar-refractivity contribution in [3.05, 3.63) is 81.5 Å². The first-order valence-corrected chi connectivity index (χ1v) is 22.4. The second-order valence-corrected chi connectivity index (χ2v) is 25.6. The van der Waals surface area contributed by atoms with Gasteiger partial charge in [0, 0.05) is 0 Å². The molecule has 1 aliphatic rings. The molecule has 0 aromatic heterocycles. The van der Waals surface area contributed by atoms with Gasteiger partial charge in [-0.1, -0.05) is 0 Å². The monoisotopic (exact) mass is 625 g/mol. The first-order chi connectivity index (χ1) is 18.1. The molecule has 0 fully saturated rings. The molecule has 0 heterocycles. The summed E-state index contributed by atoms with van der Waals surface area (Å²) in [6, 6.07) is 20.0. The Morgan fingerprint density at radius 2 is 1.24 bits per heavy atom. The van der Waals surface area contributed by atoms with Gasteiger partial charge in [0.1, 0.15) is 0 Å². The molecule has 1 atom stereocenters. The first kappa shape index (κ1) is 30.9. The number of nitrogens with one attached hydrogen (secondary N) is 1. The van der Waals surface area contributed by atoms with Crippen LogP contribution in [0.2, 0.25) is 13.3 Å². The molecule has 2 aromatic rings. The van der Waals surface area contributed by atoms with E-state index in [2.05, 4.69) is 90.4 Å². The molecule has 1 unspecified atom stereocenters. The number of benzene rings is 2. The fraction of sp³-hybridized carbons (Fsp3) is 0.559. The topological polar surface area (TPSA) is 38.3 Å². The Kier molecular flexibility index (Phi) is 10.7. The SMILES string of the molecule is CCC[CH2][Sn]([CH2]CCC)([CH2]CCC)[C]1=CC(C)(C)C(NOC(=O)c2ccccc2)(c2ccccc2)C1(C)C. The quantitative estimate of drug-likeness (QED) is 0.168. The van der Waals surface area contributed by atoms with Gasteiger partial charge in [0.25, 0.3) is 0 Å². The van der Waals surface area contributed by atoms with Crippen molar-refractivity contribution in [3.63, 3.8) is 0 Å². The summed E-state index contributed by atoms with van der Waals surface area (Å²) in [5.74, 6) is -0.335. The molecule has 208 valence electrons. The van der Waals surface area contributed by atoms with Crippen molar-refractivity contribution in [1.29, 1.82) is 0 Å². The van der Waals surface area contributed by atoms with Crippen LogP contribution in [0.1, 0.15) is 103 Å². The van der Waals surface area contributed by atoms with E-state index < -0.39 is 23.9 Å². The summed E-state index contributed by atoms with van der Waals surface area (Å²) in [4.78, 5) is 19.3. The normalized spacial score (nSPS) is 20.2. The van der Waals surface area contributed by atoms with Gasteiger partial charge in [-0.05, 0) is 0 Å². The predicted molar refractivity (Wildman–Crippen MR) is 164 cm³/mol. The number of hydroxylamine groups is 1. The second-order valence-electron chi connectivity index (χ2n) is 12.5. The van der Waals surface area contributed by atoms with Crippen LogP contribution >= 0.6 is 0 Å². The molecular weight excluding hydrogens is 573 g/mol. The predicted octanol–water partition coefficient (Wildman–Crippen LogP) is 9.62. The number of rotatable bonds is 14. The van der Waals surface area contributed by atoms with Crippen LogP contribution in [0.4, 0.5) is 0 Å². The van der Waals surface area contributed by atoms with Crippen molar-refractivity contribution < 1.29 is 9.63 Å². The van der Waals surface area contributed by atoms with Gasteiger partial charge in [-0.15, -0.1) is 0 Å². The third kappa shape index (κ3) is 5.94. The molecule has 0 saturated heterocycles. The average Bonchev–Trinajstić information content (AvgIpc) is 3.09. The Balaban J connectivity index is 2.16. The molecule has 38 heavy (non-hydrogen) atoms. The van der Waals surface area contributed by atoms with Gasteiger partial charge in [-0.25, -0.2) is 0 Å². The Labute approximate surface area is 236 Å². The van der Waals surface area contributed by atoms with Gasteiger partial charge < -0.3 is 0 Å². The van der Waals surface area contributed by atoms with Crippen LogP contribution in [-0.2, 0) is 10.4 Å². The van der Waals surface area contributed by atoms with Crippen LogP contribution in [0.3, 0.4) is 0 Å². The molecule has 4 heteroatoms. The summed E-state index contributed by atoms with van der Waals surface area (Å²) in [7, 11) is 0. The Bertz CT molecular complexity index is 1040. The van der Waals surface area contributed by atoms with Crippen LogP contribution in [0.15, 0.2) is 70.3 Å². The zero-order valence-corrected chi connectivity index (χ0v) is 27.9. The van der Waals surface area contributed by atoms with Gasteiger partial charge in [0.15, 0.2) is 0 Å². The van der Waals surface area contributed by atoms with Crippen molar-refractivity contribution in [2.45, 2.75) is 106 Å². The van der Waals surface area contributed by atoms with E-state index in [-0.39, 0.29) is 16.8 Å². The van der Waals surface area contributed by atoms with E-state index in [1.54, 1.807) is 3.59 Å².